The molecule has 8 nitrogen and oxygen atoms in total. The maximum Gasteiger partial charge on any atom is 0.301 e. The highest BCUT2D eigenvalue weighted by atomic mass is 16.6. The van der Waals surface area contributed by atoms with Crippen molar-refractivity contribution in [2.24, 2.45) is 0 Å². The first-order valence-electron chi connectivity index (χ1n) is 8.02. The van der Waals surface area contributed by atoms with E-state index in [-0.39, 0.29) is 10.6 Å². The molecule has 3 aromatic rings. The van der Waals surface area contributed by atoms with Crippen molar-refractivity contribution >= 4 is 28.1 Å². The van der Waals surface area contributed by atoms with Crippen molar-refractivity contribution < 1.29 is 4.92 Å². The lowest BCUT2D eigenvalue weighted by molar-refractivity contribution is -0.382. The van der Waals surface area contributed by atoms with Gasteiger partial charge in [0.05, 0.1) is 22.0 Å². The van der Waals surface area contributed by atoms with Gasteiger partial charge >= 0.3 is 5.69 Å². The average molecular weight is 336 g/mol. The van der Waals surface area contributed by atoms with Gasteiger partial charge in [-0.1, -0.05) is 0 Å². The molecule has 1 aliphatic rings. The van der Waals surface area contributed by atoms with Crippen LogP contribution in [0.1, 0.15) is 0 Å². The van der Waals surface area contributed by atoms with Crippen molar-refractivity contribution in [2.75, 3.05) is 36.0 Å². The summed E-state index contributed by atoms with van der Waals surface area (Å²) in [5.74, 6) is 0.833. The maximum absolute atomic E-state index is 11.7. The Kier molecular flexibility index (Phi) is 3.85. The van der Waals surface area contributed by atoms with Crippen molar-refractivity contribution in [2.45, 2.75) is 0 Å². The van der Waals surface area contributed by atoms with Crippen molar-refractivity contribution in [3.63, 3.8) is 0 Å². The van der Waals surface area contributed by atoms with Crippen LogP contribution in [0.2, 0.25) is 0 Å². The molecule has 0 bridgehead atoms. The van der Waals surface area contributed by atoms with Crippen LogP contribution in [0.4, 0.5) is 17.2 Å². The van der Waals surface area contributed by atoms with Gasteiger partial charge in [-0.2, -0.15) is 0 Å². The van der Waals surface area contributed by atoms with Crippen molar-refractivity contribution in [1.82, 2.24) is 15.0 Å². The highest BCUT2D eigenvalue weighted by Crippen LogP contribution is 2.35. The van der Waals surface area contributed by atoms with Crippen LogP contribution in [-0.2, 0) is 0 Å². The number of anilines is 2. The molecule has 0 aliphatic carbocycles. The van der Waals surface area contributed by atoms with E-state index in [1.807, 2.05) is 6.07 Å². The first kappa shape index (κ1) is 15.3. The molecular formula is C17H16N6O2. The summed E-state index contributed by atoms with van der Waals surface area (Å²) >= 11 is 0. The van der Waals surface area contributed by atoms with Gasteiger partial charge in [0.15, 0.2) is 0 Å². The SMILES string of the molecule is O=[N+]([O-])c1c(N2CCN(c3cnccn3)CC2)ccc2ncccc12. The molecule has 0 N–H and O–H groups in total. The summed E-state index contributed by atoms with van der Waals surface area (Å²) in [7, 11) is 0. The molecule has 2 aromatic heterocycles. The first-order valence-corrected chi connectivity index (χ1v) is 8.02. The van der Waals surface area contributed by atoms with E-state index in [1.165, 1.54) is 0 Å². The second-order valence-electron chi connectivity index (χ2n) is 5.80. The monoisotopic (exact) mass is 336 g/mol. The summed E-state index contributed by atoms with van der Waals surface area (Å²) in [5, 5.41) is 12.3. The molecule has 0 spiro atoms. The number of benzene rings is 1. The number of nitrogens with zero attached hydrogens (tertiary/aromatic N) is 6. The van der Waals surface area contributed by atoms with Gasteiger partial charge in [-0.15, -0.1) is 0 Å². The van der Waals surface area contributed by atoms with E-state index in [9.17, 15) is 10.1 Å². The fourth-order valence-electron chi connectivity index (χ4n) is 3.20. The Morgan fingerprint density at radius 1 is 0.960 bits per heavy atom. The highest BCUT2D eigenvalue weighted by Gasteiger charge is 2.26. The lowest BCUT2D eigenvalue weighted by Gasteiger charge is -2.36. The third-order valence-electron chi connectivity index (χ3n) is 4.41. The van der Waals surface area contributed by atoms with Crippen molar-refractivity contribution in [3.05, 3.63) is 59.2 Å². The van der Waals surface area contributed by atoms with E-state index < -0.39 is 0 Å². The average Bonchev–Trinajstić information content (AvgIpc) is 2.68. The molecule has 1 fully saturated rings. The van der Waals surface area contributed by atoms with Gasteiger partial charge < -0.3 is 9.80 Å². The van der Waals surface area contributed by atoms with Gasteiger partial charge in [-0.3, -0.25) is 20.1 Å². The second-order valence-corrected chi connectivity index (χ2v) is 5.80. The summed E-state index contributed by atoms with van der Waals surface area (Å²) in [6.07, 6.45) is 6.69. The summed E-state index contributed by atoms with van der Waals surface area (Å²) < 4.78 is 0. The van der Waals surface area contributed by atoms with Crippen LogP contribution < -0.4 is 9.80 Å². The Balaban J connectivity index is 1.63. The molecule has 0 atom stereocenters. The smallest absolute Gasteiger partial charge is 0.301 e. The minimum absolute atomic E-state index is 0.124. The molecule has 1 aromatic carbocycles. The number of piperazine rings is 1. The van der Waals surface area contributed by atoms with E-state index in [4.69, 9.17) is 0 Å². The number of hydrogen-bond donors (Lipinski definition) is 0. The van der Waals surface area contributed by atoms with E-state index in [0.717, 1.165) is 18.9 Å². The van der Waals surface area contributed by atoms with Gasteiger partial charge in [-0.05, 0) is 24.3 Å². The molecular weight excluding hydrogens is 320 g/mol. The molecule has 1 saturated heterocycles. The molecule has 0 radical (unpaired) electrons. The van der Waals surface area contributed by atoms with Crippen LogP contribution >= 0.6 is 0 Å². The fraction of sp³-hybridized carbons (Fsp3) is 0.235. The van der Waals surface area contributed by atoms with E-state index in [2.05, 4.69) is 24.8 Å². The van der Waals surface area contributed by atoms with Crippen LogP contribution in [0, 0.1) is 10.1 Å². The number of hydrogen-bond acceptors (Lipinski definition) is 7. The molecule has 0 saturated carbocycles. The van der Waals surface area contributed by atoms with Crippen molar-refractivity contribution in [1.29, 1.82) is 0 Å². The Morgan fingerprint density at radius 2 is 1.76 bits per heavy atom. The first-order chi connectivity index (χ1) is 12.2. The van der Waals surface area contributed by atoms with Crippen molar-refractivity contribution in [3.8, 4) is 0 Å². The second kappa shape index (κ2) is 6.31. The normalized spacial score (nSPS) is 14.7. The molecule has 0 amide bonds. The van der Waals surface area contributed by atoms with Gasteiger partial charge in [0, 0.05) is 44.8 Å². The largest absolute Gasteiger partial charge is 0.362 e. The highest BCUT2D eigenvalue weighted by molar-refractivity contribution is 5.94. The number of fused-ring (bicyclic) bond motifs is 1. The molecule has 25 heavy (non-hydrogen) atoms. The van der Waals surface area contributed by atoms with E-state index in [1.54, 1.807) is 43.0 Å². The van der Waals surface area contributed by atoms with E-state index >= 15 is 0 Å². The third-order valence-corrected chi connectivity index (χ3v) is 4.41. The van der Waals surface area contributed by atoms with Crippen LogP contribution in [0.15, 0.2) is 49.1 Å². The Morgan fingerprint density at radius 3 is 2.48 bits per heavy atom. The van der Waals surface area contributed by atoms with Gasteiger partial charge in [0.1, 0.15) is 11.5 Å². The zero-order chi connectivity index (χ0) is 17.2. The number of pyridine rings is 1. The molecule has 8 heteroatoms. The lowest BCUT2D eigenvalue weighted by Crippen LogP contribution is -2.47. The maximum atomic E-state index is 11.7. The summed E-state index contributed by atoms with van der Waals surface area (Å²) in [5.41, 5.74) is 1.40. The van der Waals surface area contributed by atoms with Crippen LogP contribution in [0.3, 0.4) is 0 Å². The Bertz CT molecular complexity index is 909. The number of rotatable bonds is 3. The lowest BCUT2D eigenvalue weighted by atomic mass is 10.1. The zero-order valence-corrected chi connectivity index (χ0v) is 13.4. The fourth-order valence-corrected chi connectivity index (χ4v) is 3.20. The quantitative estimate of drug-likeness (QED) is 0.535. The standard InChI is InChI=1S/C17H16N6O2/c24-23(25)17-13-2-1-5-19-14(13)3-4-15(17)21-8-10-22(11-9-21)16-12-18-6-7-20-16/h1-7,12H,8-11H2. The number of nitro groups is 1. The summed E-state index contributed by atoms with van der Waals surface area (Å²) in [6.45, 7) is 2.84. The predicted molar refractivity (Wildman–Crippen MR) is 94.9 cm³/mol. The molecule has 0 unspecified atom stereocenters. The molecule has 4 rings (SSSR count). The van der Waals surface area contributed by atoms with Crippen LogP contribution in [0.25, 0.3) is 10.9 Å². The Hall–Kier alpha value is -3.29. The third kappa shape index (κ3) is 2.82. The Labute approximate surface area is 143 Å². The summed E-state index contributed by atoms with van der Waals surface area (Å²) in [6, 6.07) is 7.11. The van der Waals surface area contributed by atoms with Crippen LogP contribution in [-0.4, -0.2) is 46.1 Å². The van der Waals surface area contributed by atoms with Crippen LogP contribution in [0.5, 0.6) is 0 Å². The van der Waals surface area contributed by atoms with Gasteiger partial charge in [0.2, 0.25) is 0 Å². The molecule has 126 valence electrons. The van der Waals surface area contributed by atoms with Gasteiger partial charge in [-0.25, -0.2) is 4.98 Å². The predicted octanol–water partition coefficient (Wildman–Crippen LogP) is 2.26. The molecule has 1 aliphatic heterocycles. The topological polar surface area (TPSA) is 88.3 Å². The minimum atomic E-state index is -0.311. The minimum Gasteiger partial charge on any atom is -0.362 e. The number of aromatic nitrogens is 3. The van der Waals surface area contributed by atoms with Gasteiger partial charge in [0.25, 0.3) is 0 Å². The number of nitro benzene ring substituents is 1. The van der Waals surface area contributed by atoms with E-state index in [0.29, 0.717) is 29.7 Å². The zero-order valence-electron chi connectivity index (χ0n) is 13.4. The molecule has 3 heterocycles. The summed E-state index contributed by atoms with van der Waals surface area (Å²) in [4.78, 5) is 28.2.